The number of anilines is 1. The summed E-state index contributed by atoms with van der Waals surface area (Å²) in [5, 5.41) is 7.72. The number of pyridine rings is 1. The summed E-state index contributed by atoms with van der Waals surface area (Å²) < 4.78 is 6.92. The molecule has 0 atom stereocenters. The summed E-state index contributed by atoms with van der Waals surface area (Å²) in [6.07, 6.45) is 1.52. The Morgan fingerprint density at radius 2 is 1.93 bits per heavy atom. The van der Waals surface area contributed by atoms with E-state index in [1.807, 2.05) is 26.0 Å². The lowest BCUT2D eigenvalue weighted by molar-refractivity contribution is 0.102. The quantitative estimate of drug-likeness (QED) is 0.567. The summed E-state index contributed by atoms with van der Waals surface area (Å²) in [6, 6.07) is 14.0. The molecule has 0 spiro atoms. The molecule has 7 heteroatoms. The Kier molecular flexibility index (Phi) is 4.04. The average Bonchev–Trinajstić information content (AvgIpc) is 3.00. The minimum Gasteiger partial charge on any atom is -0.422 e. The van der Waals surface area contributed by atoms with Gasteiger partial charge in [-0.3, -0.25) is 4.79 Å². The van der Waals surface area contributed by atoms with Gasteiger partial charge < -0.3 is 9.73 Å². The van der Waals surface area contributed by atoms with Crippen LogP contribution in [0.5, 0.6) is 0 Å². The van der Waals surface area contributed by atoms with Crippen molar-refractivity contribution in [3.63, 3.8) is 0 Å². The third kappa shape index (κ3) is 3.22. The molecular weight excluding hydrogens is 344 g/mol. The van der Waals surface area contributed by atoms with Gasteiger partial charge in [-0.05, 0) is 44.2 Å². The molecular formula is C20H16N4O3. The van der Waals surface area contributed by atoms with Crippen molar-refractivity contribution in [3.05, 3.63) is 82.1 Å². The summed E-state index contributed by atoms with van der Waals surface area (Å²) in [5.41, 5.74) is 2.03. The minimum atomic E-state index is -0.682. The van der Waals surface area contributed by atoms with Crippen molar-refractivity contribution in [2.75, 3.05) is 5.32 Å². The maximum Gasteiger partial charge on any atom is 0.349 e. The fourth-order valence-electron chi connectivity index (χ4n) is 2.86. The number of nitrogens with zero attached hydrogens (tertiary/aromatic N) is 3. The van der Waals surface area contributed by atoms with Gasteiger partial charge in [0.2, 0.25) is 0 Å². The number of nitrogens with one attached hydrogen (secondary N) is 1. The highest BCUT2D eigenvalue weighted by Crippen LogP contribution is 2.15. The Morgan fingerprint density at radius 1 is 1.11 bits per heavy atom. The summed E-state index contributed by atoms with van der Waals surface area (Å²) in [6.45, 7) is 3.85. The molecule has 134 valence electrons. The van der Waals surface area contributed by atoms with Crippen LogP contribution < -0.4 is 10.9 Å². The normalized spacial score (nSPS) is 10.9. The molecule has 0 unspecified atom stereocenters. The second kappa shape index (κ2) is 6.53. The molecule has 7 nitrogen and oxygen atoms in total. The van der Waals surface area contributed by atoms with Crippen molar-refractivity contribution in [1.82, 2.24) is 14.8 Å². The molecule has 0 bridgehead atoms. The standard InChI is InChI=1S/C20H16N4O3/c1-12-9-13(2)24(23-12)18-8-7-15(11-21-18)22-19(25)16-10-14-5-3-4-6-17(14)27-20(16)26/h3-11H,1-2H3,(H,22,25). The van der Waals surface area contributed by atoms with Gasteiger partial charge in [0.05, 0.1) is 17.6 Å². The number of benzene rings is 1. The number of hydrogen-bond acceptors (Lipinski definition) is 5. The molecule has 3 aromatic heterocycles. The Balaban J connectivity index is 1.59. The van der Waals surface area contributed by atoms with E-state index in [2.05, 4.69) is 15.4 Å². The van der Waals surface area contributed by atoms with Gasteiger partial charge in [0, 0.05) is 11.1 Å². The van der Waals surface area contributed by atoms with E-state index in [0.29, 0.717) is 22.5 Å². The largest absolute Gasteiger partial charge is 0.422 e. The van der Waals surface area contributed by atoms with Crippen molar-refractivity contribution in [3.8, 4) is 5.82 Å². The van der Waals surface area contributed by atoms with E-state index in [-0.39, 0.29) is 5.56 Å². The van der Waals surface area contributed by atoms with Gasteiger partial charge in [-0.15, -0.1) is 0 Å². The molecule has 0 radical (unpaired) electrons. The zero-order valence-electron chi connectivity index (χ0n) is 14.8. The van der Waals surface area contributed by atoms with Crippen molar-refractivity contribution in [2.24, 2.45) is 0 Å². The molecule has 1 aromatic carbocycles. The van der Waals surface area contributed by atoms with Gasteiger partial charge in [0.1, 0.15) is 11.1 Å². The van der Waals surface area contributed by atoms with Gasteiger partial charge in [0.15, 0.2) is 5.82 Å². The zero-order chi connectivity index (χ0) is 19.0. The number of aromatic nitrogens is 3. The van der Waals surface area contributed by atoms with E-state index in [9.17, 15) is 9.59 Å². The number of amides is 1. The van der Waals surface area contributed by atoms with Crippen LogP contribution in [0.25, 0.3) is 16.8 Å². The molecule has 1 N–H and O–H groups in total. The first-order chi connectivity index (χ1) is 13.0. The molecule has 3 heterocycles. The predicted molar refractivity (Wildman–Crippen MR) is 101 cm³/mol. The third-order valence-electron chi connectivity index (χ3n) is 4.12. The topological polar surface area (TPSA) is 90.0 Å². The van der Waals surface area contributed by atoms with Crippen LogP contribution in [-0.2, 0) is 0 Å². The fourth-order valence-corrected chi connectivity index (χ4v) is 2.86. The Bertz CT molecular complexity index is 1210. The van der Waals surface area contributed by atoms with E-state index in [1.165, 1.54) is 12.3 Å². The number of hydrogen-bond donors (Lipinski definition) is 1. The second-order valence-corrected chi connectivity index (χ2v) is 6.18. The van der Waals surface area contributed by atoms with Crippen LogP contribution in [0, 0.1) is 13.8 Å². The van der Waals surface area contributed by atoms with E-state index in [1.54, 1.807) is 35.0 Å². The molecule has 4 rings (SSSR count). The van der Waals surface area contributed by atoms with Crippen LogP contribution in [0.15, 0.2) is 63.9 Å². The van der Waals surface area contributed by atoms with E-state index >= 15 is 0 Å². The Morgan fingerprint density at radius 3 is 2.63 bits per heavy atom. The first kappa shape index (κ1) is 16.7. The fraction of sp³-hybridized carbons (Fsp3) is 0.100. The molecule has 0 aliphatic rings. The number of fused-ring (bicyclic) bond motifs is 1. The van der Waals surface area contributed by atoms with Crippen molar-refractivity contribution < 1.29 is 9.21 Å². The first-order valence-corrected chi connectivity index (χ1v) is 8.35. The van der Waals surface area contributed by atoms with Gasteiger partial charge in [-0.25, -0.2) is 14.5 Å². The van der Waals surface area contributed by atoms with Gasteiger partial charge in [0.25, 0.3) is 5.91 Å². The number of carbonyl (C=O) groups is 1. The molecule has 0 saturated carbocycles. The SMILES string of the molecule is Cc1cc(C)n(-c2ccc(NC(=O)c3cc4ccccc4oc3=O)cn2)n1. The van der Waals surface area contributed by atoms with Gasteiger partial charge in [-0.1, -0.05) is 18.2 Å². The lowest BCUT2D eigenvalue weighted by Crippen LogP contribution is -2.20. The predicted octanol–water partition coefficient (Wildman–Crippen LogP) is 3.24. The maximum absolute atomic E-state index is 12.5. The van der Waals surface area contributed by atoms with E-state index in [4.69, 9.17) is 4.42 Å². The Labute approximate surface area is 154 Å². The number of para-hydroxylation sites is 1. The first-order valence-electron chi connectivity index (χ1n) is 8.35. The molecule has 0 aliphatic carbocycles. The van der Waals surface area contributed by atoms with Crippen LogP contribution in [0.2, 0.25) is 0 Å². The molecule has 0 saturated heterocycles. The lowest BCUT2D eigenvalue weighted by atomic mass is 10.2. The number of carbonyl (C=O) groups excluding carboxylic acids is 1. The summed E-state index contributed by atoms with van der Waals surface area (Å²) in [4.78, 5) is 28.9. The van der Waals surface area contributed by atoms with E-state index < -0.39 is 11.5 Å². The molecule has 4 aromatic rings. The summed E-state index contributed by atoms with van der Waals surface area (Å²) in [5.74, 6) is 0.0963. The number of rotatable bonds is 3. The van der Waals surface area contributed by atoms with Crippen LogP contribution >= 0.6 is 0 Å². The highest BCUT2D eigenvalue weighted by molar-refractivity contribution is 6.05. The van der Waals surface area contributed by atoms with Crippen LogP contribution in [0.3, 0.4) is 0 Å². The highest BCUT2D eigenvalue weighted by atomic mass is 16.4. The highest BCUT2D eigenvalue weighted by Gasteiger charge is 2.14. The van der Waals surface area contributed by atoms with Crippen molar-refractivity contribution >= 4 is 22.6 Å². The van der Waals surface area contributed by atoms with Crippen LogP contribution in [-0.4, -0.2) is 20.7 Å². The third-order valence-corrected chi connectivity index (χ3v) is 4.12. The van der Waals surface area contributed by atoms with Crippen LogP contribution in [0.4, 0.5) is 5.69 Å². The Hall–Kier alpha value is -3.74. The van der Waals surface area contributed by atoms with Crippen molar-refractivity contribution in [1.29, 1.82) is 0 Å². The smallest absolute Gasteiger partial charge is 0.349 e. The van der Waals surface area contributed by atoms with Gasteiger partial charge in [-0.2, -0.15) is 5.10 Å². The molecule has 0 aliphatic heterocycles. The summed E-state index contributed by atoms with van der Waals surface area (Å²) >= 11 is 0. The molecule has 0 fully saturated rings. The van der Waals surface area contributed by atoms with Crippen LogP contribution in [0.1, 0.15) is 21.7 Å². The van der Waals surface area contributed by atoms with E-state index in [0.717, 1.165) is 11.4 Å². The summed E-state index contributed by atoms with van der Waals surface area (Å²) in [7, 11) is 0. The second-order valence-electron chi connectivity index (χ2n) is 6.18. The van der Waals surface area contributed by atoms with Gasteiger partial charge >= 0.3 is 5.63 Å². The maximum atomic E-state index is 12.5. The lowest BCUT2D eigenvalue weighted by Gasteiger charge is -2.07. The molecule has 1 amide bonds. The zero-order valence-corrected chi connectivity index (χ0v) is 14.8. The monoisotopic (exact) mass is 360 g/mol. The molecule has 27 heavy (non-hydrogen) atoms. The van der Waals surface area contributed by atoms with Crippen molar-refractivity contribution in [2.45, 2.75) is 13.8 Å². The average molecular weight is 360 g/mol. The minimum absolute atomic E-state index is 0.0590. The number of aryl methyl sites for hydroxylation is 2.